The van der Waals surface area contributed by atoms with E-state index in [4.69, 9.17) is 5.11 Å². The molecule has 2 rings (SSSR count). The molecule has 1 amide bonds. The predicted molar refractivity (Wildman–Crippen MR) is 91.4 cm³/mol. The van der Waals surface area contributed by atoms with Crippen LogP contribution in [-0.2, 0) is 9.59 Å². The molecule has 1 aromatic heterocycles. The Labute approximate surface area is 140 Å². The van der Waals surface area contributed by atoms with Crippen LogP contribution < -0.4 is 5.32 Å². The number of aliphatic carboxylic acids is 1. The van der Waals surface area contributed by atoms with Crippen molar-refractivity contribution in [1.82, 2.24) is 14.7 Å². The van der Waals surface area contributed by atoms with Crippen molar-refractivity contribution in [3.63, 3.8) is 0 Å². The molecule has 0 aliphatic heterocycles. The van der Waals surface area contributed by atoms with Crippen LogP contribution in [0.5, 0.6) is 0 Å². The summed E-state index contributed by atoms with van der Waals surface area (Å²) >= 11 is 0. The lowest BCUT2D eigenvalue weighted by molar-refractivity contribution is -0.142. The first-order valence-corrected chi connectivity index (χ1v) is 7.64. The smallest absolute Gasteiger partial charge is 0.320 e. The number of benzene rings is 1. The minimum absolute atomic E-state index is 0.0222. The Morgan fingerprint density at radius 2 is 1.92 bits per heavy atom. The van der Waals surface area contributed by atoms with E-state index in [1.54, 1.807) is 17.8 Å². The first kappa shape index (κ1) is 17.7. The number of likely N-dealkylation sites (N-methyl/N-ethyl adjacent to an activating group) is 1. The highest BCUT2D eigenvalue weighted by Gasteiger charge is 2.20. The maximum Gasteiger partial charge on any atom is 0.320 e. The van der Waals surface area contributed by atoms with E-state index in [1.165, 1.54) is 11.8 Å². The van der Waals surface area contributed by atoms with Crippen LogP contribution in [-0.4, -0.2) is 51.3 Å². The Hall–Kier alpha value is -2.67. The molecule has 7 heteroatoms. The molecule has 2 aromatic rings. The number of carbonyl (C=O) groups is 2. The van der Waals surface area contributed by atoms with Crippen LogP contribution >= 0.6 is 0 Å². The number of hydrogen-bond acceptors (Lipinski definition) is 4. The summed E-state index contributed by atoms with van der Waals surface area (Å²) in [4.78, 5) is 24.6. The summed E-state index contributed by atoms with van der Waals surface area (Å²) in [7, 11) is 1.60. The van der Waals surface area contributed by atoms with E-state index in [0.717, 1.165) is 16.9 Å². The normalized spacial score (nSPS) is 12.2. The third kappa shape index (κ3) is 4.20. The predicted octanol–water partition coefficient (Wildman–Crippen LogP) is 1.83. The Balaban J connectivity index is 2.14. The van der Waals surface area contributed by atoms with Gasteiger partial charge in [0.1, 0.15) is 11.9 Å². The van der Waals surface area contributed by atoms with Crippen LogP contribution in [0.3, 0.4) is 0 Å². The molecule has 0 saturated carbocycles. The summed E-state index contributed by atoms with van der Waals surface area (Å²) in [6, 6.07) is 8.84. The number of rotatable bonds is 6. The van der Waals surface area contributed by atoms with Gasteiger partial charge in [0.15, 0.2) is 0 Å². The third-order valence-electron chi connectivity index (χ3n) is 3.79. The molecule has 1 aromatic carbocycles. The summed E-state index contributed by atoms with van der Waals surface area (Å²) in [5.74, 6) is -0.706. The Bertz CT molecular complexity index is 737. The number of amides is 1. The highest BCUT2D eigenvalue weighted by atomic mass is 16.4. The second-order valence-electron chi connectivity index (χ2n) is 5.90. The van der Waals surface area contributed by atoms with Gasteiger partial charge in [-0.25, -0.2) is 4.68 Å². The summed E-state index contributed by atoms with van der Waals surface area (Å²) < 4.78 is 1.66. The van der Waals surface area contributed by atoms with Gasteiger partial charge in [0.2, 0.25) is 5.91 Å². The number of carboxylic acid groups (broad SMARTS) is 1. The van der Waals surface area contributed by atoms with Gasteiger partial charge in [0.05, 0.1) is 17.9 Å². The van der Waals surface area contributed by atoms with Crippen molar-refractivity contribution < 1.29 is 14.7 Å². The summed E-state index contributed by atoms with van der Waals surface area (Å²) in [5.41, 5.74) is 2.76. The van der Waals surface area contributed by atoms with Gasteiger partial charge in [0.25, 0.3) is 0 Å². The number of aryl methyl sites for hydroxylation is 2. The van der Waals surface area contributed by atoms with E-state index in [0.29, 0.717) is 5.82 Å². The fourth-order valence-corrected chi connectivity index (χ4v) is 2.21. The molecule has 128 valence electrons. The van der Waals surface area contributed by atoms with Crippen molar-refractivity contribution in [3.05, 3.63) is 41.6 Å². The molecule has 0 aliphatic rings. The minimum Gasteiger partial charge on any atom is -0.480 e. The van der Waals surface area contributed by atoms with E-state index in [9.17, 15) is 9.59 Å². The molecule has 1 unspecified atom stereocenters. The molecular weight excluding hydrogens is 308 g/mol. The first-order valence-electron chi connectivity index (χ1n) is 7.64. The van der Waals surface area contributed by atoms with E-state index in [-0.39, 0.29) is 12.5 Å². The number of anilines is 1. The zero-order valence-electron chi connectivity index (χ0n) is 14.3. The van der Waals surface area contributed by atoms with Crippen molar-refractivity contribution in [2.75, 3.05) is 18.9 Å². The van der Waals surface area contributed by atoms with Gasteiger partial charge in [-0.05, 0) is 40.0 Å². The van der Waals surface area contributed by atoms with Crippen molar-refractivity contribution in [1.29, 1.82) is 0 Å². The number of aromatic nitrogens is 2. The highest BCUT2D eigenvalue weighted by molar-refractivity contribution is 5.92. The fourth-order valence-electron chi connectivity index (χ4n) is 2.21. The Kier molecular flexibility index (Phi) is 5.35. The number of carbonyl (C=O) groups excluding carboxylic acids is 1. The molecule has 0 fully saturated rings. The van der Waals surface area contributed by atoms with Crippen LogP contribution in [0.4, 0.5) is 5.82 Å². The molecule has 0 radical (unpaired) electrons. The van der Waals surface area contributed by atoms with Gasteiger partial charge in [-0.15, -0.1) is 0 Å². The molecule has 24 heavy (non-hydrogen) atoms. The lowest BCUT2D eigenvalue weighted by Gasteiger charge is -2.20. The summed E-state index contributed by atoms with van der Waals surface area (Å²) in [6.45, 7) is 5.36. The van der Waals surface area contributed by atoms with Crippen molar-refractivity contribution in [3.8, 4) is 5.69 Å². The Morgan fingerprint density at radius 3 is 2.50 bits per heavy atom. The first-order chi connectivity index (χ1) is 11.3. The maximum absolute atomic E-state index is 12.2. The van der Waals surface area contributed by atoms with E-state index < -0.39 is 12.0 Å². The van der Waals surface area contributed by atoms with Crippen LogP contribution in [0.1, 0.15) is 18.2 Å². The molecular formula is C17H22N4O3. The number of nitrogens with one attached hydrogen (secondary N) is 1. The minimum atomic E-state index is -0.967. The van der Waals surface area contributed by atoms with E-state index in [2.05, 4.69) is 10.4 Å². The van der Waals surface area contributed by atoms with Crippen molar-refractivity contribution >= 4 is 17.7 Å². The second kappa shape index (κ2) is 7.27. The molecule has 0 spiro atoms. The van der Waals surface area contributed by atoms with Gasteiger partial charge in [0, 0.05) is 6.07 Å². The fraction of sp³-hybridized carbons (Fsp3) is 0.353. The number of nitrogens with zero attached hydrogens (tertiary/aromatic N) is 3. The quantitative estimate of drug-likeness (QED) is 0.844. The lowest BCUT2D eigenvalue weighted by atomic mass is 10.2. The molecule has 7 nitrogen and oxygen atoms in total. The lowest BCUT2D eigenvalue weighted by Crippen LogP contribution is -2.40. The van der Waals surface area contributed by atoms with Gasteiger partial charge < -0.3 is 10.4 Å². The molecule has 2 N–H and O–H groups in total. The monoisotopic (exact) mass is 330 g/mol. The summed E-state index contributed by atoms with van der Waals surface area (Å²) in [6.07, 6.45) is 0. The summed E-state index contributed by atoms with van der Waals surface area (Å²) in [5, 5.41) is 16.2. The topological polar surface area (TPSA) is 87.5 Å². The zero-order valence-corrected chi connectivity index (χ0v) is 14.3. The molecule has 0 bridgehead atoms. The van der Waals surface area contributed by atoms with Crippen molar-refractivity contribution in [2.24, 2.45) is 0 Å². The van der Waals surface area contributed by atoms with Gasteiger partial charge >= 0.3 is 5.97 Å². The third-order valence-corrected chi connectivity index (χ3v) is 3.79. The second-order valence-corrected chi connectivity index (χ2v) is 5.90. The molecule has 1 atom stereocenters. The molecule has 1 heterocycles. The molecule has 0 aliphatic carbocycles. The SMILES string of the molecule is Cc1ccc(-n2nc(C)cc2NC(=O)CN(C)C(C)C(=O)O)cc1. The highest BCUT2D eigenvalue weighted by Crippen LogP contribution is 2.17. The van der Waals surface area contributed by atoms with Gasteiger partial charge in [-0.3, -0.25) is 14.5 Å². The molecule has 0 saturated heterocycles. The number of carboxylic acids is 1. The van der Waals surface area contributed by atoms with E-state index in [1.807, 2.05) is 38.1 Å². The van der Waals surface area contributed by atoms with Crippen LogP contribution in [0.25, 0.3) is 5.69 Å². The Morgan fingerprint density at radius 1 is 1.29 bits per heavy atom. The number of hydrogen-bond donors (Lipinski definition) is 2. The largest absolute Gasteiger partial charge is 0.480 e. The van der Waals surface area contributed by atoms with Crippen molar-refractivity contribution in [2.45, 2.75) is 26.8 Å². The van der Waals surface area contributed by atoms with Crippen LogP contribution in [0.15, 0.2) is 30.3 Å². The van der Waals surface area contributed by atoms with Crippen LogP contribution in [0.2, 0.25) is 0 Å². The maximum atomic E-state index is 12.2. The van der Waals surface area contributed by atoms with Gasteiger partial charge in [-0.2, -0.15) is 5.10 Å². The van der Waals surface area contributed by atoms with E-state index >= 15 is 0 Å². The van der Waals surface area contributed by atoms with Crippen LogP contribution in [0, 0.1) is 13.8 Å². The average Bonchev–Trinajstić information content (AvgIpc) is 2.87. The zero-order chi connectivity index (χ0) is 17.9. The average molecular weight is 330 g/mol. The van der Waals surface area contributed by atoms with Gasteiger partial charge in [-0.1, -0.05) is 17.7 Å². The standard InChI is InChI=1S/C17H22N4O3/c1-11-5-7-14(8-6-11)21-15(9-12(2)19-21)18-16(22)10-20(4)13(3)17(23)24/h5-9,13H,10H2,1-4H3,(H,18,22)(H,23,24).